The summed E-state index contributed by atoms with van der Waals surface area (Å²) >= 11 is 0. The Morgan fingerprint density at radius 3 is 2.90 bits per heavy atom. The number of nitrogens with one attached hydrogen (secondary N) is 1. The molecule has 3 rings (SSSR count). The number of nitro benzene ring substituents is 1. The number of para-hydroxylation sites is 1. The Kier molecular flexibility index (Phi) is 3.40. The number of nitro groups is 1. The molecule has 1 aliphatic rings. The van der Waals surface area contributed by atoms with E-state index in [-0.39, 0.29) is 23.7 Å². The van der Waals surface area contributed by atoms with Crippen LogP contribution in [0.2, 0.25) is 0 Å². The Bertz CT molecular complexity index is 666. The summed E-state index contributed by atoms with van der Waals surface area (Å²) in [5.74, 6) is 0.495. The van der Waals surface area contributed by atoms with Crippen molar-refractivity contribution < 1.29 is 14.2 Å². The highest BCUT2D eigenvalue weighted by Gasteiger charge is 2.33. The maximum absolute atomic E-state index is 11.0. The SMILES string of the molecule is CC1(OCc2nc(-c3ccccc3[N+](=O)[O-])no2)CNC1. The number of hydrogen-bond donors (Lipinski definition) is 1. The molecule has 8 heteroatoms. The largest absolute Gasteiger partial charge is 0.363 e. The molecule has 2 aromatic rings. The van der Waals surface area contributed by atoms with Crippen LogP contribution in [-0.2, 0) is 11.3 Å². The summed E-state index contributed by atoms with van der Waals surface area (Å²) in [4.78, 5) is 14.7. The Morgan fingerprint density at radius 2 is 2.24 bits per heavy atom. The average molecular weight is 290 g/mol. The highest BCUT2D eigenvalue weighted by atomic mass is 16.6. The van der Waals surface area contributed by atoms with E-state index in [1.165, 1.54) is 6.07 Å². The van der Waals surface area contributed by atoms with Crippen molar-refractivity contribution in [1.82, 2.24) is 15.5 Å². The Balaban J connectivity index is 1.77. The molecular formula is C13H14N4O4. The number of rotatable bonds is 5. The molecule has 1 saturated heterocycles. The van der Waals surface area contributed by atoms with Crippen LogP contribution in [0.1, 0.15) is 12.8 Å². The first-order chi connectivity index (χ1) is 10.1. The lowest BCUT2D eigenvalue weighted by Crippen LogP contribution is -2.58. The molecule has 1 N–H and O–H groups in total. The fraction of sp³-hybridized carbons (Fsp3) is 0.385. The van der Waals surface area contributed by atoms with Crippen molar-refractivity contribution >= 4 is 5.69 Å². The molecule has 0 saturated carbocycles. The number of aromatic nitrogens is 2. The predicted octanol–water partition coefficient (Wildman–Crippen LogP) is 1.52. The lowest BCUT2D eigenvalue weighted by Gasteiger charge is -2.38. The van der Waals surface area contributed by atoms with Crippen LogP contribution < -0.4 is 5.32 Å². The lowest BCUT2D eigenvalue weighted by molar-refractivity contribution is -0.384. The van der Waals surface area contributed by atoms with Crippen molar-refractivity contribution in [2.45, 2.75) is 19.1 Å². The van der Waals surface area contributed by atoms with Crippen LogP contribution in [0.4, 0.5) is 5.69 Å². The minimum Gasteiger partial charge on any atom is -0.363 e. The Labute approximate surface area is 120 Å². The molecule has 110 valence electrons. The molecule has 0 bridgehead atoms. The van der Waals surface area contributed by atoms with Crippen molar-refractivity contribution in [3.05, 3.63) is 40.3 Å². The number of benzene rings is 1. The first-order valence-corrected chi connectivity index (χ1v) is 6.48. The second-order valence-corrected chi connectivity index (χ2v) is 5.13. The van der Waals surface area contributed by atoms with Gasteiger partial charge in [0.05, 0.1) is 10.5 Å². The van der Waals surface area contributed by atoms with Gasteiger partial charge in [-0.3, -0.25) is 10.1 Å². The highest BCUT2D eigenvalue weighted by molar-refractivity contribution is 5.67. The van der Waals surface area contributed by atoms with Gasteiger partial charge in [0.25, 0.3) is 11.6 Å². The minimum absolute atomic E-state index is 0.0547. The summed E-state index contributed by atoms with van der Waals surface area (Å²) in [6, 6.07) is 6.28. The average Bonchev–Trinajstić information content (AvgIpc) is 2.92. The zero-order valence-corrected chi connectivity index (χ0v) is 11.4. The van der Waals surface area contributed by atoms with Gasteiger partial charge in [0, 0.05) is 19.2 Å². The molecule has 0 aliphatic carbocycles. The van der Waals surface area contributed by atoms with E-state index in [4.69, 9.17) is 9.26 Å². The third-order valence-corrected chi connectivity index (χ3v) is 3.35. The predicted molar refractivity (Wildman–Crippen MR) is 72.5 cm³/mol. The molecular weight excluding hydrogens is 276 g/mol. The minimum atomic E-state index is -0.469. The summed E-state index contributed by atoms with van der Waals surface area (Å²) in [6.07, 6.45) is 0. The molecule has 21 heavy (non-hydrogen) atoms. The van der Waals surface area contributed by atoms with Gasteiger partial charge in [0.15, 0.2) is 0 Å². The van der Waals surface area contributed by atoms with E-state index in [2.05, 4.69) is 15.5 Å². The Morgan fingerprint density at radius 1 is 1.48 bits per heavy atom. The third kappa shape index (κ3) is 2.76. The highest BCUT2D eigenvalue weighted by Crippen LogP contribution is 2.27. The van der Waals surface area contributed by atoms with Crippen molar-refractivity contribution in [1.29, 1.82) is 0 Å². The molecule has 0 radical (unpaired) electrons. The van der Waals surface area contributed by atoms with Gasteiger partial charge in [-0.15, -0.1) is 0 Å². The monoisotopic (exact) mass is 290 g/mol. The maximum atomic E-state index is 11.0. The fourth-order valence-corrected chi connectivity index (χ4v) is 2.06. The molecule has 0 spiro atoms. The van der Waals surface area contributed by atoms with Crippen LogP contribution in [0.25, 0.3) is 11.4 Å². The summed E-state index contributed by atoms with van der Waals surface area (Å²) in [7, 11) is 0. The van der Waals surface area contributed by atoms with E-state index in [0.29, 0.717) is 11.5 Å². The normalized spacial score (nSPS) is 16.4. The van der Waals surface area contributed by atoms with Gasteiger partial charge < -0.3 is 14.6 Å². The Hall–Kier alpha value is -2.32. The smallest absolute Gasteiger partial charge is 0.280 e. The molecule has 0 amide bonds. The first kappa shape index (κ1) is 13.7. The summed E-state index contributed by atoms with van der Waals surface area (Å²) < 4.78 is 10.8. The van der Waals surface area contributed by atoms with Gasteiger partial charge in [0.2, 0.25) is 5.82 Å². The maximum Gasteiger partial charge on any atom is 0.280 e. The molecule has 8 nitrogen and oxygen atoms in total. The van der Waals surface area contributed by atoms with Crippen LogP contribution >= 0.6 is 0 Å². The van der Waals surface area contributed by atoms with E-state index >= 15 is 0 Å². The molecule has 1 aromatic heterocycles. The van der Waals surface area contributed by atoms with Gasteiger partial charge >= 0.3 is 0 Å². The van der Waals surface area contributed by atoms with Crippen molar-refractivity contribution in [3.8, 4) is 11.4 Å². The zero-order chi connectivity index (χ0) is 14.9. The second kappa shape index (κ2) is 5.23. The summed E-state index contributed by atoms with van der Waals surface area (Å²) in [5, 5.41) is 17.9. The molecule has 1 fully saturated rings. The number of nitrogens with zero attached hydrogens (tertiary/aromatic N) is 3. The second-order valence-electron chi connectivity index (χ2n) is 5.13. The van der Waals surface area contributed by atoms with E-state index in [1.807, 2.05) is 6.92 Å². The molecule has 2 heterocycles. The number of hydrogen-bond acceptors (Lipinski definition) is 7. The van der Waals surface area contributed by atoms with E-state index in [0.717, 1.165) is 13.1 Å². The van der Waals surface area contributed by atoms with Crippen LogP contribution in [-0.4, -0.2) is 33.8 Å². The fourth-order valence-electron chi connectivity index (χ4n) is 2.06. The standard InChI is InChI=1S/C13H14N4O4/c1-13(7-14-8-13)20-6-11-15-12(16-21-11)9-4-2-3-5-10(9)17(18)19/h2-5,14H,6-8H2,1H3. The van der Waals surface area contributed by atoms with E-state index in [9.17, 15) is 10.1 Å². The molecule has 1 aromatic carbocycles. The summed E-state index contributed by atoms with van der Waals surface area (Å²) in [5.41, 5.74) is 0.0582. The van der Waals surface area contributed by atoms with Crippen LogP contribution in [0.5, 0.6) is 0 Å². The first-order valence-electron chi connectivity index (χ1n) is 6.48. The van der Waals surface area contributed by atoms with Gasteiger partial charge in [-0.2, -0.15) is 4.98 Å². The van der Waals surface area contributed by atoms with Gasteiger partial charge in [-0.1, -0.05) is 17.3 Å². The van der Waals surface area contributed by atoms with Crippen molar-refractivity contribution in [2.75, 3.05) is 13.1 Å². The molecule has 1 aliphatic heterocycles. The third-order valence-electron chi connectivity index (χ3n) is 3.35. The zero-order valence-electron chi connectivity index (χ0n) is 11.4. The van der Waals surface area contributed by atoms with Gasteiger partial charge in [-0.25, -0.2) is 0 Å². The van der Waals surface area contributed by atoms with Crippen molar-refractivity contribution in [2.24, 2.45) is 0 Å². The van der Waals surface area contributed by atoms with Crippen LogP contribution in [0.15, 0.2) is 28.8 Å². The van der Waals surface area contributed by atoms with E-state index < -0.39 is 4.92 Å². The van der Waals surface area contributed by atoms with Crippen LogP contribution in [0, 0.1) is 10.1 Å². The van der Waals surface area contributed by atoms with Crippen LogP contribution in [0.3, 0.4) is 0 Å². The van der Waals surface area contributed by atoms with Gasteiger partial charge in [-0.05, 0) is 13.0 Å². The lowest BCUT2D eigenvalue weighted by atomic mass is 10.0. The topological polar surface area (TPSA) is 103 Å². The molecule has 0 unspecified atom stereocenters. The number of ether oxygens (including phenoxy) is 1. The summed E-state index contributed by atoms with van der Waals surface area (Å²) in [6.45, 7) is 3.73. The molecule has 0 atom stereocenters. The van der Waals surface area contributed by atoms with Crippen molar-refractivity contribution in [3.63, 3.8) is 0 Å². The van der Waals surface area contributed by atoms with Gasteiger partial charge in [0.1, 0.15) is 12.2 Å². The quantitative estimate of drug-likeness (QED) is 0.657. The van der Waals surface area contributed by atoms with E-state index in [1.54, 1.807) is 18.2 Å².